The molecule has 3 aromatic carbocycles. The van der Waals surface area contributed by atoms with Crippen molar-refractivity contribution in [2.75, 3.05) is 0 Å². The largest absolute Gasteiger partial charge is 0.573 e. The molecule has 402 valence electrons. The molecule has 6 aliphatic carbocycles. The van der Waals surface area contributed by atoms with Crippen LogP contribution in [0.4, 0.5) is 52.7 Å². The lowest BCUT2D eigenvalue weighted by Gasteiger charge is -2.36. The highest BCUT2D eigenvalue weighted by atomic mass is 19.4. The molecule has 3 aromatic rings. The van der Waals surface area contributed by atoms with Crippen molar-refractivity contribution in [2.24, 2.45) is 35.5 Å². The van der Waals surface area contributed by atoms with E-state index in [-0.39, 0.29) is 17.6 Å². The summed E-state index contributed by atoms with van der Waals surface area (Å²) >= 11 is 0. The monoisotopic (exact) mass is 1030 g/mol. The SMILES string of the molecule is FC(F)(F)Oc1ccc(C2CCC(C3CCCCC3)CC2)cc1.Fc1cc(C2CCC(C3CCCCC3)CC2)cc(F)c1OC(F)(F)F.Fc1cc(C2CCC(C3CCCCC3)CC2)ccc1OC(F)(F)F. The third-order valence-corrected chi connectivity index (χ3v) is 17.2. The minimum absolute atomic E-state index is 0.00350. The smallest absolute Gasteiger partial charge is 0.406 e. The Labute approximate surface area is 417 Å². The summed E-state index contributed by atoms with van der Waals surface area (Å²) in [4.78, 5) is 0. The van der Waals surface area contributed by atoms with Gasteiger partial charge in [-0.15, -0.1) is 39.5 Å². The van der Waals surface area contributed by atoms with Gasteiger partial charge in [-0.1, -0.05) is 115 Å². The van der Waals surface area contributed by atoms with E-state index in [4.69, 9.17) is 0 Å². The fourth-order valence-electron chi connectivity index (χ4n) is 13.5. The third kappa shape index (κ3) is 17.1. The van der Waals surface area contributed by atoms with E-state index in [9.17, 15) is 52.7 Å². The summed E-state index contributed by atoms with van der Waals surface area (Å²) in [5, 5.41) is 0. The van der Waals surface area contributed by atoms with Gasteiger partial charge in [0.05, 0.1) is 0 Å². The summed E-state index contributed by atoms with van der Waals surface area (Å²) in [5.41, 5.74) is 2.39. The topological polar surface area (TPSA) is 27.7 Å². The fourth-order valence-corrected chi connectivity index (χ4v) is 13.5. The van der Waals surface area contributed by atoms with Gasteiger partial charge in [-0.05, 0) is 183 Å². The summed E-state index contributed by atoms with van der Waals surface area (Å²) in [6, 6.07) is 12.4. The van der Waals surface area contributed by atoms with Crippen LogP contribution in [0.2, 0.25) is 0 Å². The van der Waals surface area contributed by atoms with Crippen LogP contribution in [0, 0.1) is 53.0 Å². The highest BCUT2D eigenvalue weighted by molar-refractivity contribution is 5.34. The first-order chi connectivity index (χ1) is 34.3. The lowest BCUT2D eigenvalue weighted by molar-refractivity contribution is -0.277. The van der Waals surface area contributed by atoms with Crippen molar-refractivity contribution in [1.82, 2.24) is 0 Å². The number of halogens is 12. The van der Waals surface area contributed by atoms with Crippen LogP contribution < -0.4 is 14.2 Å². The van der Waals surface area contributed by atoms with Gasteiger partial charge in [-0.2, -0.15) is 0 Å². The zero-order valence-corrected chi connectivity index (χ0v) is 41.2. The molecular weight excluding hydrogens is 961 g/mol. The van der Waals surface area contributed by atoms with E-state index < -0.39 is 48.0 Å². The number of hydrogen-bond donors (Lipinski definition) is 0. The molecule has 0 heterocycles. The number of alkyl halides is 9. The number of ether oxygens (including phenoxy) is 3. The van der Waals surface area contributed by atoms with Crippen LogP contribution in [0.15, 0.2) is 54.6 Å². The molecule has 9 rings (SSSR count). The Morgan fingerprint density at radius 1 is 0.306 bits per heavy atom. The molecule has 0 aromatic heterocycles. The second kappa shape index (κ2) is 25.6. The average Bonchev–Trinajstić information content (AvgIpc) is 3.36. The molecule has 0 amide bonds. The predicted molar refractivity (Wildman–Crippen MR) is 253 cm³/mol. The van der Waals surface area contributed by atoms with Gasteiger partial charge in [0.25, 0.3) is 0 Å². The second-order valence-corrected chi connectivity index (χ2v) is 21.7. The Balaban J connectivity index is 0.000000159. The number of benzene rings is 3. The van der Waals surface area contributed by atoms with Crippen LogP contribution in [0.5, 0.6) is 17.2 Å². The van der Waals surface area contributed by atoms with Crippen molar-refractivity contribution >= 4 is 0 Å². The Morgan fingerprint density at radius 2 is 0.625 bits per heavy atom. The first kappa shape index (κ1) is 56.0. The molecule has 0 N–H and O–H groups in total. The summed E-state index contributed by atoms with van der Waals surface area (Å²) in [7, 11) is 0. The van der Waals surface area contributed by atoms with Crippen molar-refractivity contribution in [1.29, 1.82) is 0 Å². The highest BCUT2D eigenvalue weighted by Gasteiger charge is 2.37. The van der Waals surface area contributed by atoms with E-state index in [2.05, 4.69) is 14.2 Å². The second-order valence-electron chi connectivity index (χ2n) is 21.7. The molecule has 6 aliphatic rings. The maximum atomic E-state index is 13.9. The van der Waals surface area contributed by atoms with E-state index in [1.807, 2.05) is 0 Å². The fraction of sp³-hybridized carbons (Fsp3) is 0.684. The molecule has 0 atom stereocenters. The van der Waals surface area contributed by atoms with Crippen molar-refractivity contribution < 1.29 is 66.9 Å². The van der Waals surface area contributed by atoms with E-state index in [0.717, 1.165) is 110 Å². The molecule has 72 heavy (non-hydrogen) atoms. The third-order valence-electron chi connectivity index (χ3n) is 17.2. The Bertz CT molecular complexity index is 2050. The number of hydrogen-bond acceptors (Lipinski definition) is 3. The zero-order chi connectivity index (χ0) is 51.5. The van der Waals surface area contributed by atoms with Gasteiger partial charge < -0.3 is 14.2 Å². The van der Waals surface area contributed by atoms with Crippen LogP contribution in [-0.4, -0.2) is 19.1 Å². The van der Waals surface area contributed by atoms with Gasteiger partial charge in [-0.3, -0.25) is 0 Å². The summed E-state index contributed by atoms with van der Waals surface area (Å²) in [5.74, 6) is -0.137. The summed E-state index contributed by atoms with van der Waals surface area (Å²) in [6.45, 7) is 0. The average molecular weight is 1030 g/mol. The van der Waals surface area contributed by atoms with Crippen LogP contribution in [0.1, 0.15) is 208 Å². The summed E-state index contributed by atoms with van der Waals surface area (Å²) < 4.78 is 163. The van der Waals surface area contributed by atoms with E-state index in [1.165, 1.54) is 140 Å². The highest BCUT2D eigenvalue weighted by Crippen LogP contribution is 2.47. The Kier molecular flexibility index (Phi) is 19.9. The normalized spacial score (nSPS) is 26.3. The van der Waals surface area contributed by atoms with Gasteiger partial charge >= 0.3 is 19.1 Å². The van der Waals surface area contributed by atoms with Crippen LogP contribution >= 0.6 is 0 Å². The molecule has 0 unspecified atom stereocenters. The van der Waals surface area contributed by atoms with E-state index in [0.29, 0.717) is 17.4 Å². The first-order valence-electron chi connectivity index (χ1n) is 26.9. The van der Waals surface area contributed by atoms with Crippen molar-refractivity contribution in [2.45, 2.75) is 210 Å². The van der Waals surface area contributed by atoms with Crippen LogP contribution in [0.3, 0.4) is 0 Å². The quantitative estimate of drug-likeness (QED) is 0.200. The lowest BCUT2D eigenvalue weighted by Crippen LogP contribution is -2.23. The van der Waals surface area contributed by atoms with E-state index >= 15 is 0 Å². The Morgan fingerprint density at radius 3 is 0.986 bits per heavy atom. The molecule has 6 saturated carbocycles. The van der Waals surface area contributed by atoms with Gasteiger partial charge in [0.1, 0.15) is 5.75 Å². The lowest BCUT2D eigenvalue weighted by atomic mass is 9.70. The minimum atomic E-state index is -5.11. The molecule has 6 fully saturated rings. The molecule has 0 bridgehead atoms. The molecule has 3 nitrogen and oxygen atoms in total. The summed E-state index contributed by atoms with van der Waals surface area (Å²) in [6.07, 6.45) is 18.5. The standard InChI is InChI=1S/C19H23F5O.C19H24F4O.C19H25F3O/c20-16-10-15(11-17(21)18(16)25-19(22,23)24)14-8-6-13(7-9-14)12-4-2-1-3-5-12;20-17-12-16(10-11-18(17)24-19(21,22)23)15-8-6-14(7-9-15)13-4-2-1-3-5-13;20-19(21,22)23-18-12-10-17(11-13-18)16-8-6-15(7-9-16)14-4-2-1-3-5-14/h10-14H,1-9H2;10-15H,1-9H2;10-16H,1-9H2. The molecule has 15 heteroatoms. The Hall–Kier alpha value is -3.78. The predicted octanol–water partition coefficient (Wildman–Crippen LogP) is 19.7. The molecule has 0 aliphatic heterocycles. The van der Waals surface area contributed by atoms with Crippen LogP contribution in [0.25, 0.3) is 0 Å². The van der Waals surface area contributed by atoms with Crippen molar-refractivity contribution in [3.8, 4) is 17.2 Å². The van der Waals surface area contributed by atoms with Gasteiger partial charge in [0.2, 0.25) is 5.75 Å². The molecule has 0 spiro atoms. The van der Waals surface area contributed by atoms with E-state index in [1.54, 1.807) is 18.2 Å². The van der Waals surface area contributed by atoms with Gasteiger partial charge in [0.15, 0.2) is 23.2 Å². The minimum Gasteiger partial charge on any atom is -0.406 e. The molecule has 0 radical (unpaired) electrons. The van der Waals surface area contributed by atoms with Gasteiger partial charge in [-0.25, -0.2) is 13.2 Å². The van der Waals surface area contributed by atoms with Crippen LogP contribution in [-0.2, 0) is 0 Å². The van der Waals surface area contributed by atoms with Crippen molar-refractivity contribution in [3.63, 3.8) is 0 Å². The maximum Gasteiger partial charge on any atom is 0.573 e. The first-order valence-corrected chi connectivity index (χ1v) is 26.9. The molecular formula is C57H72F12O3. The number of rotatable bonds is 9. The molecule has 0 saturated heterocycles. The zero-order valence-electron chi connectivity index (χ0n) is 41.2. The van der Waals surface area contributed by atoms with Gasteiger partial charge in [0, 0.05) is 0 Å². The van der Waals surface area contributed by atoms with Crippen molar-refractivity contribution in [3.05, 3.63) is 88.7 Å². The maximum absolute atomic E-state index is 13.9.